The van der Waals surface area contributed by atoms with E-state index < -0.39 is 11.7 Å². The molecule has 5 heteroatoms. The molecule has 2 fully saturated rings. The predicted octanol–water partition coefficient (Wildman–Crippen LogP) is 3.29. The number of carbonyl (C=O) groups is 1. The average molecular weight is 283 g/mol. The highest BCUT2D eigenvalue weighted by atomic mass is 19.4. The molecule has 3 atom stereocenters. The van der Waals surface area contributed by atoms with Crippen LogP contribution in [0.1, 0.15) is 29.9 Å². The van der Waals surface area contributed by atoms with Gasteiger partial charge in [-0.2, -0.15) is 13.2 Å². The monoisotopic (exact) mass is 283 g/mol. The lowest BCUT2D eigenvalue weighted by molar-refractivity contribution is -0.138. The van der Waals surface area contributed by atoms with Crippen LogP contribution in [0.3, 0.4) is 0 Å². The predicted molar refractivity (Wildman–Crippen MR) is 68.0 cm³/mol. The summed E-state index contributed by atoms with van der Waals surface area (Å²) in [5.74, 6) is 0.676. The average Bonchev–Trinajstić information content (AvgIpc) is 2.95. The molecule has 1 saturated heterocycles. The van der Waals surface area contributed by atoms with Crippen LogP contribution in [0, 0.1) is 11.8 Å². The second-order valence-electron chi connectivity index (χ2n) is 5.83. The third-order valence-corrected chi connectivity index (χ3v) is 4.63. The van der Waals surface area contributed by atoms with Gasteiger partial charge in [0.05, 0.1) is 5.56 Å². The fourth-order valence-electron chi connectivity index (χ4n) is 3.79. The van der Waals surface area contributed by atoms with Gasteiger partial charge in [0.15, 0.2) is 0 Å². The molecule has 1 aromatic carbocycles. The molecular weight excluding hydrogens is 267 g/mol. The molecule has 0 spiro atoms. The minimum Gasteiger partial charge on any atom is -0.345 e. The zero-order valence-electron chi connectivity index (χ0n) is 10.9. The van der Waals surface area contributed by atoms with E-state index in [9.17, 15) is 18.0 Å². The second kappa shape index (κ2) is 4.79. The van der Waals surface area contributed by atoms with Crippen molar-refractivity contribution >= 4 is 6.41 Å². The third-order valence-electron chi connectivity index (χ3n) is 4.63. The number of rotatable bonds is 2. The highest BCUT2D eigenvalue weighted by molar-refractivity contribution is 5.48. The first-order valence-electron chi connectivity index (χ1n) is 6.84. The van der Waals surface area contributed by atoms with Crippen molar-refractivity contribution < 1.29 is 18.0 Å². The smallest absolute Gasteiger partial charge is 0.345 e. The minimum absolute atomic E-state index is 0.0309. The quantitative estimate of drug-likeness (QED) is 0.763. The standard InChI is InChI=1S/C15H16F3NO/c16-15(17,18)14-4-2-1-3-13(14)10-5-11-7-19(9-20)8-12(11)6-10/h1-4,9-12H,5-8H2/t10-,11-,12+. The van der Waals surface area contributed by atoms with E-state index in [1.54, 1.807) is 17.0 Å². The molecule has 108 valence electrons. The van der Waals surface area contributed by atoms with E-state index in [1.807, 2.05) is 0 Å². The first kappa shape index (κ1) is 13.5. The van der Waals surface area contributed by atoms with Gasteiger partial charge in [-0.25, -0.2) is 0 Å². The molecule has 0 aromatic heterocycles. The van der Waals surface area contributed by atoms with E-state index >= 15 is 0 Å². The molecule has 1 aromatic rings. The molecule has 0 radical (unpaired) electrons. The summed E-state index contributed by atoms with van der Waals surface area (Å²) in [4.78, 5) is 12.5. The summed E-state index contributed by atoms with van der Waals surface area (Å²) in [5, 5.41) is 0. The Kier molecular flexibility index (Phi) is 3.22. The fraction of sp³-hybridized carbons (Fsp3) is 0.533. The number of hydrogen-bond donors (Lipinski definition) is 0. The lowest BCUT2D eigenvalue weighted by atomic mass is 9.91. The highest BCUT2D eigenvalue weighted by Gasteiger charge is 2.43. The first-order valence-corrected chi connectivity index (χ1v) is 6.84. The van der Waals surface area contributed by atoms with Gasteiger partial charge in [-0.15, -0.1) is 0 Å². The number of carbonyl (C=O) groups excluding carboxylic acids is 1. The maximum Gasteiger partial charge on any atom is 0.416 e. The summed E-state index contributed by atoms with van der Waals surface area (Å²) in [6, 6.07) is 5.89. The number of amides is 1. The van der Waals surface area contributed by atoms with Gasteiger partial charge in [-0.1, -0.05) is 18.2 Å². The molecule has 1 amide bonds. The summed E-state index contributed by atoms with van der Waals surface area (Å²) < 4.78 is 39.2. The Morgan fingerprint density at radius 3 is 2.25 bits per heavy atom. The molecule has 1 heterocycles. The molecule has 2 nitrogen and oxygen atoms in total. The van der Waals surface area contributed by atoms with Gasteiger partial charge in [-0.05, 0) is 42.2 Å². The normalized spacial score (nSPS) is 29.6. The molecule has 1 saturated carbocycles. The molecule has 1 aliphatic heterocycles. The van der Waals surface area contributed by atoms with E-state index in [0.29, 0.717) is 30.5 Å². The lowest BCUT2D eigenvalue weighted by Crippen LogP contribution is -2.20. The third kappa shape index (κ3) is 2.30. The van der Waals surface area contributed by atoms with E-state index in [1.165, 1.54) is 12.1 Å². The number of likely N-dealkylation sites (tertiary alicyclic amines) is 1. The fourth-order valence-corrected chi connectivity index (χ4v) is 3.79. The summed E-state index contributed by atoms with van der Waals surface area (Å²) in [6.07, 6.45) is -1.94. The van der Waals surface area contributed by atoms with Gasteiger partial charge in [0.25, 0.3) is 0 Å². The van der Waals surface area contributed by atoms with Gasteiger partial charge >= 0.3 is 6.18 Å². The van der Waals surface area contributed by atoms with Gasteiger partial charge in [0.1, 0.15) is 0 Å². The number of benzene rings is 1. The number of fused-ring (bicyclic) bond motifs is 1. The van der Waals surface area contributed by atoms with Crippen molar-refractivity contribution in [3.8, 4) is 0 Å². The van der Waals surface area contributed by atoms with Crippen LogP contribution >= 0.6 is 0 Å². The Hall–Kier alpha value is -1.52. The van der Waals surface area contributed by atoms with Crippen molar-refractivity contribution in [3.63, 3.8) is 0 Å². The van der Waals surface area contributed by atoms with Gasteiger partial charge in [-0.3, -0.25) is 4.79 Å². The second-order valence-corrected chi connectivity index (χ2v) is 5.83. The van der Waals surface area contributed by atoms with Crippen LogP contribution in [0.5, 0.6) is 0 Å². The number of halogens is 3. The molecule has 0 unspecified atom stereocenters. The van der Waals surface area contributed by atoms with E-state index in [4.69, 9.17) is 0 Å². The van der Waals surface area contributed by atoms with Crippen LogP contribution in [-0.2, 0) is 11.0 Å². The number of hydrogen-bond acceptors (Lipinski definition) is 1. The van der Waals surface area contributed by atoms with Crippen LogP contribution in [0.25, 0.3) is 0 Å². The molecule has 2 aliphatic rings. The summed E-state index contributed by atoms with van der Waals surface area (Å²) in [6.45, 7) is 1.39. The molecular formula is C15H16F3NO. The van der Waals surface area contributed by atoms with Crippen molar-refractivity contribution in [2.75, 3.05) is 13.1 Å². The van der Waals surface area contributed by atoms with Gasteiger partial charge in [0.2, 0.25) is 6.41 Å². The van der Waals surface area contributed by atoms with Gasteiger partial charge in [0, 0.05) is 13.1 Å². The number of nitrogens with zero attached hydrogens (tertiary/aromatic N) is 1. The van der Waals surface area contributed by atoms with Gasteiger partial charge < -0.3 is 4.90 Å². The van der Waals surface area contributed by atoms with Crippen LogP contribution in [0.4, 0.5) is 13.2 Å². The van der Waals surface area contributed by atoms with Crippen LogP contribution in [0.15, 0.2) is 24.3 Å². The Balaban J connectivity index is 1.82. The largest absolute Gasteiger partial charge is 0.416 e. The molecule has 20 heavy (non-hydrogen) atoms. The molecule has 0 bridgehead atoms. The van der Waals surface area contributed by atoms with Crippen molar-refractivity contribution in [1.82, 2.24) is 4.90 Å². The van der Waals surface area contributed by atoms with Crippen molar-refractivity contribution in [3.05, 3.63) is 35.4 Å². The summed E-state index contributed by atoms with van der Waals surface area (Å²) in [5.41, 5.74) is -0.0794. The highest BCUT2D eigenvalue weighted by Crippen LogP contribution is 2.48. The Morgan fingerprint density at radius 2 is 1.70 bits per heavy atom. The minimum atomic E-state index is -4.29. The van der Waals surface area contributed by atoms with Crippen molar-refractivity contribution in [2.24, 2.45) is 11.8 Å². The van der Waals surface area contributed by atoms with E-state index in [-0.39, 0.29) is 5.92 Å². The Bertz CT molecular complexity index is 500. The molecule has 1 aliphatic carbocycles. The van der Waals surface area contributed by atoms with Crippen molar-refractivity contribution in [2.45, 2.75) is 24.9 Å². The molecule has 3 rings (SSSR count). The maximum absolute atomic E-state index is 13.1. The zero-order valence-corrected chi connectivity index (χ0v) is 10.9. The Morgan fingerprint density at radius 1 is 1.10 bits per heavy atom. The lowest BCUT2D eigenvalue weighted by Gasteiger charge is -2.19. The van der Waals surface area contributed by atoms with E-state index in [0.717, 1.165) is 19.3 Å². The Labute approximate surface area is 115 Å². The maximum atomic E-state index is 13.1. The van der Waals surface area contributed by atoms with Crippen LogP contribution in [-0.4, -0.2) is 24.4 Å². The van der Waals surface area contributed by atoms with Crippen molar-refractivity contribution in [1.29, 1.82) is 0 Å². The summed E-state index contributed by atoms with van der Waals surface area (Å²) >= 11 is 0. The summed E-state index contributed by atoms with van der Waals surface area (Å²) in [7, 11) is 0. The van der Waals surface area contributed by atoms with E-state index in [2.05, 4.69) is 0 Å². The number of alkyl halides is 3. The SMILES string of the molecule is O=CN1C[C@H]2C[C@@H](c3ccccc3C(F)(F)F)C[C@H]2C1. The zero-order chi connectivity index (χ0) is 14.3. The van der Waals surface area contributed by atoms with Crippen LogP contribution < -0.4 is 0 Å². The van der Waals surface area contributed by atoms with Crippen LogP contribution in [0.2, 0.25) is 0 Å². The molecule has 0 N–H and O–H groups in total. The topological polar surface area (TPSA) is 20.3 Å². The first-order chi connectivity index (χ1) is 9.49.